The van der Waals surface area contributed by atoms with E-state index in [0.29, 0.717) is 57.1 Å². The molecule has 1 aliphatic carbocycles. The largest absolute Gasteiger partial charge is 0.460 e. The zero-order chi connectivity index (χ0) is 51.0. The maximum Gasteiger partial charge on any atom is 0.329 e. The average Bonchev–Trinajstić information content (AvgIpc) is 3.33. The molecular formula is C54H84INO13. The number of allylic oxidation sites excluding steroid dienone is 6. The zero-order valence-corrected chi connectivity index (χ0v) is 45.2. The van der Waals surface area contributed by atoms with E-state index in [4.69, 9.17) is 28.4 Å². The summed E-state index contributed by atoms with van der Waals surface area (Å²) in [4.78, 5) is 72.3. The van der Waals surface area contributed by atoms with Crippen LogP contribution in [0.5, 0.6) is 0 Å². The smallest absolute Gasteiger partial charge is 0.329 e. The van der Waals surface area contributed by atoms with Crippen LogP contribution < -0.4 is 0 Å². The van der Waals surface area contributed by atoms with Gasteiger partial charge in [-0.1, -0.05) is 93.7 Å². The fraction of sp³-hybridized carbons (Fsp3) is 0.759. The topological polar surface area (TPSA) is 184 Å². The summed E-state index contributed by atoms with van der Waals surface area (Å²) < 4.78 is 37.1. The lowest BCUT2D eigenvalue weighted by Crippen LogP contribution is -2.61. The molecule has 14 nitrogen and oxygen atoms in total. The third kappa shape index (κ3) is 16.4. The maximum absolute atomic E-state index is 14.5. The molecule has 0 aromatic heterocycles. The van der Waals surface area contributed by atoms with Crippen LogP contribution in [0.15, 0.2) is 47.6 Å². The molecule has 0 aromatic rings. The second kappa shape index (κ2) is 28.6. The molecule has 15 atom stereocenters. The van der Waals surface area contributed by atoms with Crippen LogP contribution in [0.2, 0.25) is 0 Å². The number of cyclic esters (lactones) is 1. The molecule has 390 valence electrons. The first-order valence-electron chi connectivity index (χ1n) is 25.5. The SMILES string of the molecule is CO[C@H]1C[C@@H]2CC[C@@H](C)[C@@](O)(O2)C(=O)C(=O)N2CCCC[C@H]2C(=O)OC([C@H](C)C[C@@H]2CC[C@@H](OCCCI)[C@H](OC)C2)CC(=O)[C@H](C)C=C(C)[C@@H](O)[C@@H](OC)C(=O)[C@H](C)C[C@H](C)C=CC=CC=C1C. The van der Waals surface area contributed by atoms with Gasteiger partial charge in [-0.3, -0.25) is 19.2 Å². The molecule has 69 heavy (non-hydrogen) atoms. The van der Waals surface area contributed by atoms with Gasteiger partial charge in [-0.25, -0.2) is 4.79 Å². The number of hydrogen-bond acceptors (Lipinski definition) is 13. The molecule has 2 bridgehead atoms. The van der Waals surface area contributed by atoms with E-state index in [2.05, 4.69) is 22.6 Å². The number of esters is 1. The number of carbonyl (C=O) groups excluding carboxylic acids is 5. The second-order valence-corrected chi connectivity index (χ2v) is 21.6. The monoisotopic (exact) mass is 1080 g/mol. The minimum absolute atomic E-state index is 0.0166. The molecule has 3 aliphatic heterocycles. The van der Waals surface area contributed by atoms with Crippen LogP contribution in [-0.2, 0) is 52.4 Å². The van der Waals surface area contributed by atoms with E-state index in [1.165, 1.54) is 12.0 Å². The first kappa shape index (κ1) is 58.9. The number of aliphatic hydroxyl groups excluding tert-OH is 1. The van der Waals surface area contributed by atoms with Crippen molar-refractivity contribution in [1.29, 1.82) is 0 Å². The standard InChI is InChI=1S/C54H84INO13/c1-33-17-12-11-13-18-34(2)45(64-8)31-41-22-20-39(7)54(63,69-41)51(60)52(61)56-25-15-14-19-42(56)53(62)68-46(36(4)29-40-21-23-44(47(30-40)65-9)67-26-16-24-55)32-43(57)35(3)28-38(6)49(59)50(66-10)48(58)37(5)27-33/h11-13,17-18,28,33,35-37,39-42,44-47,49-50,59,63H,14-16,19-27,29-32H2,1-10H3/t33-,35-,36-,37-,39-,40+,41+,42+,44-,45+,46?,47-,49-,50+,54-/m1/s1. The number of Topliss-reactive ketones (excluding diaryl/α,β-unsaturated/α-hetero) is 3. The van der Waals surface area contributed by atoms with Crippen molar-refractivity contribution in [2.24, 2.45) is 35.5 Å². The van der Waals surface area contributed by atoms with Gasteiger partial charge in [-0.15, -0.1) is 0 Å². The molecule has 4 aliphatic rings. The molecule has 15 heteroatoms. The van der Waals surface area contributed by atoms with Gasteiger partial charge in [0, 0.05) is 69.5 Å². The molecule has 3 heterocycles. The predicted octanol–water partition coefficient (Wildman–Crippen LogP) is 8.03. The van der Waals surface area contributed by atoms with Crippen LogP contribution in [0.25, 0.3) is 0 Å². The molecule has 2 saturated heterocycles. The number of rotatable bonds is 10. The van der Waals surface area contributed by atoms with E-state index in [-0.39, 0.29) is 60.9 Å². The molecule has 0 spiro atoms. The molecule has 2 N–H and O–H groups in total. The number of nitrogens with zero attached hydrogens (tertiary/aromatic N) is 1. The molecule has 1 unspecified atom stereocenters. The first-order valence-corrected chi connectivity index (χ1v) is 27.0. The Morgan fingerprint density at radius 1 is 0.870 bits per heavy atom. The summed E-state index contributed by atoms with van der Waals surface area (Å²) in [6, 6.07) is -1.13. The van der Waals surface area contributed by atoms with Crippen molar-refractivity contribution in [3.63, 3.8) is 0 Å². The average molecular weight is 1080 g/mol. The van der Waals surface area contributed by atoms with Crippen molar-refractivity contribution >= 4 is 51.8 Å². The third-order valence-electron chi connectivity index (χ3n) is 15.1. The fourth-order valence-corrected chi connectivity index (χ4v) is 10.9. The van der Waals surface area contributed by atoms with E-state index >= 15 is 0 Å². The van der Waals surface area contributed by atoms with Crippen molar-refractivity contribution in [2.75, 3.05) is 38.9 Å². The van der Waals surface area contributed by atoms with E-state index in [9.17, 15) is 34.2 Å². The lowest BCUT2D eigenvalue weighted by atomic mass is 9.78. The number of ketones is 3. The minimum Gasteiger partial charge on any atom is -0.460 e. The molecule has 1 amide bonds. The summed E-state index contributed by atoms with van der Waals surface area (Å²) in [5, 5.41) is 23.5. The van der Waals surface area contributed by atoms with E-state index in [1.807, 2.05) is 58.1 Å². The Balaban J connectivity index is 1.69. The number of halogens is 1. The molecular weight excluding hydrogens is 997 g/mol. The van der Waals surface area contributed by atoms with Crippen molar-refractivity contribution < 1.29 is 62.6 Å². The van der Waals surface area contributed by atoms with Crippen LogP contribution in [0.4, 0.5) is 0 Å². The number of hydrogen-bond donors (Lipinski definition) is 2. The van der Waals surface area contributed by atoms with Gasteiger partial charge in [0.05, 0.1) is 24.4 Å². The number of carbonyl (C=O) groups is 5. The summed E-state index contributed by atoms with van der Waals surface area (Å²) in [5.41, 5.74) is 1.29. The highest BCUT2D eigenvalue weighted by molar-refractivity contribution is 14.1. The quantitative estimate of drug-likeness (QED) is 0.0536. The molecule has 1 saturated carbocycles. The summed E-state index contributed by atoms with van der Waals surface area (Å²) in [5.74, 6) is -7.71. The zero-order valence-electron chi connectivity index (χ0n) is 43.1. The van der Waals surface area contributed by atoms with Gasteiger partial charge in [0.25, 0.3) is 11.7 Å². The number of methoxy groups -OCH3 is 3. The Labute approximate surface area is 425 Å². The number of fused-ring (bicyclic) bond motifs is 3. The van der Waals surface area contributed by atoms with E-state index in [0.717, 1.165) is 35.7 Å². The highest BCUT2D eigenvalue weighted by atomic mass is 127. The van der Waals surface area contributed by atoms with Crippen LogP contribution in [0.3, 0.4) is 0 Å². The summed E-state index contributed by atoms with van der Waals surface area (Å²) in [6.45, 7) is 13.6. The van der Waals surface area contributed by atoms with E-state index < -0.39 is 77.8 Å². The van der Waals surface area contributed by atoms with Crippen molar-refractivity contribution in [3.05, 3.63) is 47.6 Å². The summed E-state index contributed by atoms with van der Waals surface area (Å²) >= 11 is 2.34. The van der Waals surface area contributed by atoms with Crippen LogP contribution in [0.1, 0.15) is 132 Å². The summed E-state index contributed by atoms with van der Waals surface area (Å²) in [7, 11) is 4.67. The molecule has 0 aromatic carbocycles. The van der Waals surface area contributed by atoms with Gasteiger partial charge in [0.15, 0.2) is 5.78 Å². The second-order valence-electron chi connectivity index (χ2n) is 20.5. The lowest BCUT2D eigenvalue weighted by molar-refractivity contribution is -0.265. The lowest BCUT2D eigenvalue weighted by Gasteiger charge is -2.42. The summed E-state index contributed by atoms with van der Waals surface area (Å²) in [6.07, 6.45) is 13.8. The van der Waals surface area contributed by atoms with Crippen LogP contribution in [0, 0.1) is 35.5 Å². The molecule has 4 rings (SSSR count). The fourth-order valence-electron chi connectivity index (χ4n) is 10.6. The van der Waals surface area contributed by atoms with Gasteiger partial charge in [0.2, 0.25) is 5.79 Å². The maximum atomic E-state index is 14.5. The van der Waals surface area contributed by atoms with E-state index in [1.54, 1.807) is 41.1 Å². The van der Waals surface area contributed by atoms with Gasteiger partial charge < -0.3 is 43.5 Å². The third-order valence-corrected chi connectivity index (χ3v) is 15.8. The molecule has 0 radical (unpaired) electrons. The number of aliphatic hydroxyl groups is 2. The number of piperidine rings is 1. The Kier molecular flexibility index (Phi) is 24.4. The highest BCUT2D eigenvalue weighted by Crippen LogP contribution is 2.38. The Bertz CT molecular complexity index is 1830. The van der Waals surface area contributed by atoms with Gasteiger partial charge >= 0.3 is 5.97 Å². The Morgan fingerprint density at radius 3 is 2.29 bits per heavy atom. The number of amides is 1. The van der Waals surface area contributed by atoms with Crippen molar-refractivity contribution in [3.8, 4) is 0 Å². The number of ether oxygens (including phenoxy) is 6. The Hall–Kier alpha value is -2.64. The van der Waals surface area contributed by atoms with Crippen LogP contribution in [-0.4, -0.2) is 138 Å². The van der Waals surface area contributed by atoms with Gasteiger partial charge in [0.1, 0.15) is 30.1 Å². The normalized spacial score (nSPS) is 36.3. The van der Waals surface area contributed by atoms with Crippen LogP contribution >= 0.6 is 22.6 Å². The molecule has 3 fully saturated rings. The minimum atomic E-state index is -2.42. The Morgan fingerprint density at radius 2 is 1.61 bits per heavy atom. The van der Waals surface area contributed by atoms with Crippen molar-refractivity contribution in [2.45, 2.75) is 186 Å². The first-order chi connectivity index (χ1) is 32.8. The number of alkyl halides is 1. The van der Waals surface area contributed by atoms with Gasteiger partial charge in [-0.2, -0.15) is 0 Å². The highest BCUT2D eigenvalue weighted by Gasteiger charge is 2.53. The van der Waals surface area contributed by atoms with Crippen molar-refractivity contribution in [1.82, 2.24) is 4.90 Å². The van der Waals surface area contributed by atoms with Gasteiger partial charge in [-0.05, 0) is 113 Å². The predicted molar refractivity (Wildman–Crippen MR) is 272 cm³/mol.